The van der Waals surface area contributed by atoms with E-state index in [4.69, 9.17) is 16.0 Å². The molecule has 5 nitrogen and oxygen atoms in total. The molecule has 4 N–H and O–H groups in total. The zero-order valence-electron chi connectivity index (χ0n) is 9.19. The standard InChI is InChI=1S/C9H16F3N3O2/c10-9(11,12)7(8(13)14-17)4-15-2-1-6(3-15)5-16/h6-7,16-17H,1-5H2,(H2,13,14). The molecule has 0 saturated carbocycles. The Balaban J connectivity index is 2.62. The summed E-state index contributed by atoms with van der Waals surface area (Å²) in [6.45, 7) is 0.519. The molecule has 0 spiro atoms. The smallest absolute Gasteiger partial charge is 0.400 e. The summed E-state index contributed by atoms with van der Waals surface area (Å²) in [5.74, 6) is -2.79. The lowest BCUT2D eigenvalue weighted by molar-refractivity contribution is -0.159. The molecule has 2 unspecified atom stereocenters. The third-order valence-electron chi connectivity index (χ3n) is 2.94. The normalized spacial score (nSPS) is 25.2. The van der Waals surface area contributed by atoms with Crippen LogP contribution in [0.2, 0.25) is 0 Å². The number of hydrogen-bond donors (Lipinski definition) is 3. The predicted octanol–water partition coefficient (Wildman–Crippen LogP) is 0.225. The molecule has 2 atom stereocenters. The highest BCUT2D eigenvalue weighted by Crippen LogP contribution is 2.28. The summed E-state index contributed by atoms with van der Waals surface area (Å²) in [6, 6.07) is 0. The molecule has 8 heteroatoms. The van der Waals surface area contributed by atoms with Gasteiger partial charge in [-0.3, -0.25) is 0 Å². The van der Waals surface area contributed by atoms with Crippen LogP contribution in [0.1, 0.15) is 6.42 Å². The highest BCUT2D eigenvalue weighted by Gasteiger charge is 2.44. The largest absolute Gasteiger partial charge is 0.409 e. The van der Waals surface area contributed by atoms with Crippen molar-refractivity contribution in [2.45, 2.75) is 12.6 Å². The number of halogens is 3. The van der Waals surface area contributed by atoms with Crippen molar-refractivity contribution in [2.24, 2.45) is 22.7 Å². The molecule has 0 aliphatic carbocycles. The molecule has 0 radical (unpaired) electrons. The minimum absolute atomic E-state index is 0.0103. The van der Waals surface area contributed by atoms with Crippen LogP contribution in [-0.4, -0.2) is 53.5 Å². The molecular formula is C9H16F3N3O2. The van der Waals surface area contributed by atoms with E-state index >= 15 is 0 Å². The molecule has 0 aromatic rings. The van der Waals surface area contributed by atoms with Gasteiger partial charge in [-0.25, -0.2) is 0 Å². The molecule has 1 heterocycles. The minimum Gasteiger partial charge on any atom is -0.409 e. The van der Waals surface area contributed by atoms with E-state index in [0.29, 0.717) is 19.5 Å². The van der Waals surface area contributed by atoms with Crippen LogP contribution in [-0.2, 0) is 0 Å². The van der Waals surface area contributed by atoms with E-state index in [1.54, 1.807) is 4.90 Å². The van der Waals surface area contributed by atoms with Crippen molar-refractivity contribution >= 4 is 5.84 Å². The summed E-state index contributed by atoms with van der Waals surface area (Å²) in [6.07, 6.45) is -3.87. The van der Waals surface area contributed by atoms with E-state index in [1.807, 2.05) is 0 Å². The molecule has 17 heavy (non-hydrogen) atoms. The van der Waals surface area contributed by atoms with E-state index in [2.05, 4.69) is 5.16 Å². The van der Waals surface area contributed by atoms with E-state index < -0.39 is 17.9 Å². The van der Waals surface area contributed by atoms with Crippen LogP contribution in [0.3, 0.4) is 0 Å². The first-order chi connectivity index (χ1) is 7.88. The quantitative estimate of drug-likeness (QED) is 0.290. The van der Waals surface area contributed by atoms with Crippen LogP contribution < -0.4 is 5.73 Å². The number of nitrogens with zero attached hydrogens (tertiary/aromatic N) is 2. The van der Waals surface area contributed by atoms with Gasteiger partial charge in [0, 0.05) is 19.7 Å². The molecule has 1 saturated heterocycles. The maximum absolute atomic E-state index is 12.6. The van der Waals surface area contributed by atoms with Crippen molar-refractivity contribution in [3.05, 3.63) is 0 Å². The number of amidine groups is 1. The van der Waals surface area contributed by atoms with Gasteiger partial charge in [-0.2, -0.15) is 13.2 Å². The monoisotopic (exact) mass is 255 g/mol. The Hall–Kier alpha value is -1.02. The molecule has 0 amide bonds. The first-order valence-corrected chi connectivity index (χ1v) is 5.25. The molecule has 1 rings (SSSR count). The average molecular weight is 255 g/mol. The third kappa shape index (κ3) is 3.74. The average Bonchev–Trinajstić information content (AvgIpc) is 2.71. The van der Waals surface area contributed by atoms with Crippen LogP contribution in [0.5, 0.6) is 0 Å². The van der Waals surface area contributed by atoms with Crippen molar-refractivity contribution in [2.75, 3.05) is 26.2 Å². The molecular weight excluding hydrogens is 239 g/mol. The van der Waals surface area contributed by atoms with Gasteiger partial charge in [0.2, 0.25) is 0 Å². The number of aliphatic hydroxyl groups is 1. The van der Waals surface area contributed by atoms with E-state index in [9.17, 15) is 13.2 Å². The summed E-state index contributed by atoms with van der Waals surface area (Å²) in [5.41, 5.74) is 5.05. The van der Waals surface area contributed by atoms with Crippen molar-refractivity contribution in [3.63, 3.8) is 0 Å². The zero-order chi connectivity index (χ0) is 13.1. The molecule has 1 fully saturated rings. The van der Waals surface area contributed by atoms with Gasteiger partial charge in [-0.1, -0.05) is 5.16 Å². The van der Waals surface area contributed by atoms with Crippen molar-refractivity contribution < 1.29 is 23.5 Å². The summed E-state index contributed by atoms with van der Waals surface area (Å²) >= 11 is 0. The van der Waals surface area contributed by atoms with E-state index in [-0.39, 0.29) is 19.1 Å². The topological polar surface area (TPSA) is 82.1 Å². The van der Waals surface area contributed by atoms with Gasteiger partial charge in [0.1, 0.15) is 5.92 Å². The second kappa shape index (κ2) is 5.54. The fourth-order valence-corrected chi connectivity index (χ4v) is 1.92. The number of alkyl halides is 3. The number of aliphatic hydroxyl groups excluding tert-OH is 1. The van der Waals surface area contributed by atoms with Gasteiger partial charge in [0.05, 0.1) is 0 Å². The third-order valence-corrected chi connectivity index (χ3v) is 2.94. The fraction of sp³-hybridized carbons (Fsp3) is 0.889. The van der Waals surface area contributed by atoms with Gasteiger partial charge in [-0.05, 0) is 18.9 Å². The first-order valence-electron chi connectivity index (χ1n) is 5.25. The lowest BCUT2D eigenvalue weighted by Crippen LogP contribution is -2.44. The maximum Gasteiger partial charge on any atom is 0.400 e. The lowest BCUT2D eigenvalue weighted by Gasteiger charge is -2.24. The van der Waals surface area contributed by atoms with Crippen LogP contribution in [0, 0.1) is 11.8 Å². The predicted molar refractivity (Wildman–Crippen MR) is 54.6 cm³/mol. The summed E-state index contributed by atoms with van der Waals surface area (Å²) in [7, 11) is 0. The first kappa shape index (κ1) is 14.0. The van der Waals surface area contributed by atoms with E-state index in [0.717, 1.165) is 0 Å². The minimum atomic E-state index is -4.53. The van der Waals surface area contributed by atoms with Gasteiger partial charge in [0.15, 0.2) is 5.84 Å². The lowest BCUT2D eigenvalue weighted by atomic mass is 10.1. The summed E-state index contributed by atoms with van der Waals surface area (Å²) in [4.78, 5) is 1.57. The number of oxime groups is 1. The summed E-state index contributed by atoms with van der Waals surface area (Å²) in [5, 5.41) is 19.7. The Morgan fingerprint density at radius 3 is 2.59 bits per heavy atom. The van der Waals surface area contributed by atoms with Gasteiger partial charge in [0.25, 0.3) is 0 Å². The van der Waals surface area contributed by atoms with Crippen LogP contribution in [0.4, 0.5) is 13.2 Å². The molecule has 0 aromatic carbocycles. The van der Waals surface area contributed by atoms with Gasteiger partial charge >= 0.3 is 6.18 Å². The molecule has 1 aliphatic rings. The van der Waals surface area contributed by atoms with Gasteiger partial charge in [-0.15, -0.1) is 0 Å². The highest BCUT2D eigenvalue weighted by molar-refractivity contribution is 5.83. The van der Waals surface area contributed by atoms with Crippen LogP contribution in [0.25, 0.3) is 0 Å². The van der Waals surface area contributed by atoms with Crippen LogP contribution >= 0.6 is 0 Å². The molecule has 0 aromatic heterocycles. The Bertz CT molecular complexity index is 283. The number of nitrogens with two attached hydrogens (primary N) is 1. The number of rotatable bonds is 4. The maximum atomic E-state index is 12.6. The highest BCUT2D eigenvalue weighted by atomic mass is 19.4. The number of likely N-dealkylation sites (tertiary alicyclic amines) is 1. The molecule has 100 valence electrons. The second-order valence-electron chi connectivity index (χ2n) is 4.22. The fourth-order valence-electron chi connectivity index (χ4n) is 1.92. The van der Waals surface area contributed by atoms with E-state index in [1.165, 1.54) is 0 Å². The molecule has 1 aliphatic heterocycles. The van der Waals surface area contributed by atoms with Crippen molar-refractivity contribution in [1.82, 2.24) is 4.90 Å². The molecule has 0 bridgehead atoms. The Morgan fingerprint density at radius 2 is 2.18 bits per heavy atom. The van der Waals surface area contributed by atoms with Crippen molar-refractivity contribution in [1.29, 1.82) is 0 Å². The Kier molecular flexibility index (Phi) is 4.58. The van der Waals surface area contributed by atoms with Gasteiger partial charge < -0.3 is 20.9 Å². The number of hydrogen-bond acceptors (Lipinski definition) is 4. The Labute approximate surface area is 96.7 Å². The zero-order valence-corrected chi connectivity index (χ0v) is 9.19. The Morgan fingerprint density at radius 1 is 1.53 bits per heavy atom. The van der Waals surface area contributed by atoms with Crippen LogP contribution in [0.15, 0.2) is 5.16 Å². The van der Waals surface area contributed by atoms with Crippen molar-refractivity contribution in [3.8, 4) is 0 Å². The summed E-state index contributed by atoms with van der Waals surface area (Å²) < 4.78 is 37.9. The SMILES string of the molecule is NC(=NO)C(CN1CCC(CO)C1)C(F)(F)F. The second-order valence-corrected chi connectivity index (χ2v) is 4.22.